The van der Waals surface area contributed by atoms with Gasteiger partial charge in [0.15, 0.2) is 5.82 Å². The Morgan fingerprint density at radius 1 is 1.00 bits per heavy atom. The van der Waals surface area contributed by atoms with E-state index in [2.05, 4.69) is 54.9 Å². The number of rotatable bonds is 3. The fraction of sp³-hybridized carbons (Fsp3) is 0.476. The molecule has 0 aliphatic carbocycles. The quantitative estimate of drug-likeness (QED) is 0.848. The van der Waals surface area contributed by atoms with Gasteiger partial charge in [-0.05, 0) is 30.0 Å². The second-order valence-electron chi connectivity index (χ2n) is 8.20. The smallest absolute Gasteiger partial charge is 0.223 e. The van der Waals surface area contributed by atoms with E-state index in [1.54, 1.807) is 0 Å². The highest BCUT2D eigenvalue weighted by Crippen LogP contribution is 2.23. The second kappa shape index (κ2) is 7.44. The molecule has 26 heavy (non-hydrogen) atoms. The van der Waals surface area contributed by atoms with Crippen LogP contribution in [0.3, 0.4) is 0 Å². The lowest BCUT2D eigenvalue weighted by Crippen LogP contribution is -2.49. The van der Waals surface area contributed by atoms with E-state index in [9.17, 15) is 4.79 Å². The van der Waals surface area contributed by atoms with E-state index < -0.39 is 0 Å². The van der Waals surface area contributed by atoms with E-state index >= 15 is 0 Å². The number of anilines is 1. The van der Waals surface area contributed by atoms with Crippen LogP contribution in [0.1, 0.15) is 32.8 Å². The molecule has 1 aliphatic rings. The van der Waals surface area contributed by atoms with Gasteiger partial charge in [-0.25, -0.2) is 0 Å². The van der Waals surface area contributed by atoms with Crippen molar-refractivity contribution >= 4 is 11.7 Å². The maximum absolute atomic E-state index is 12.4. The van der Waals surface area contributed by atoms with Crippen LogP contribution >= 0.6 is 0 Å². The van der Waals surface area contributed by atoms with Crippen LogP contribution in [0.2, 0.25) is 0 Å². The maximum Gasteiger partial charge on any atom is 0.223 e. The summed E-state index contributed by atoms with van der Waals surface area (Å²) < 4.78 is 0. The predicted octanol–water partition coefficient (Wildman–Crippen LogP) is 3.54. The van der Waals surface area contributed by atoms with Gasteiger partial charge in [0, 0.05) is 38.2 Å². The van der Waals surface area contributed by atoms with Gasteiger partial charge in [-0.1, -0.05) is 45.0 Å². The highest BCUT2D eigenvalue weighted by atomic mass is 16.2. The summed E-state index contributed by atoms with van der Waals surface area (Å²) in [7, 11) is 0. The van der Waals surface area contributed by atoms with Gasteiger partial charge in [0.25, 0.3) is 0 Å². The third-order valence-electron chi connectivity index (χ3n) is 4.71. The first-order chi connectivity index (χ1) is 12.3. The highest BCUT2D eigenvalue weighted by molar-refractivity contribution is 5.77. The Kier molecular flexibility index (Phi) is 5.25. The molecule has 1 aromatic carbocycles. The number of hydrogen-bond donors (Lipinski definition) is 0. The summed E-state index contributed by atoms with van der Waals surface area (Å²) in [4.78, 5) is 16.5. The number of nitrogens with zero attached hydrogens (tertiary/aromatic N) is 4. The molecule has 0 radical (unpaired) electrons. The molecule has 0 bridgehead atoms. The average molecular weight is 352 g/mol. The summed E-state index contributed by atoms with van der Waals surface area (Å²) in [5.41, 5.74) is 3.24. The standard InChI is InChI=1S/C21H28N4O/c1-16-7-5-6-8-17(16)18-9-10-19(23-22-18)24-11-13-25(14-12-24)20(26)15-21(2,3)4/h5-10H,11-15H2,1-4H3. The maximum atomic E-state index is 12.4. The zero-order valence-electron chi connectivity index (χ0n) is 16.2. The number of piperazine rings is 1. The molecule has 0 spiro atoms. The largest absolute Gasteiger partial charge is 0.352 e. The number of aromatic nitrogens is 2. The number of carbonyl (C=O) groups excluding carboxylic acids is 1. The Morgan fingerprint density at radius 2 is 1.69 bits per heavy atom. The number of carbonyl (C=O) groups is 1. The van der Waals surface area contributed by atoms with Crippen molar-refractivity contribution in [2.75, 3.05) is 31.1 Å². The van der Waals surface area contributed by atoms with E-state index in [0.717, 1.165) is 43.3 Å². The van der Waals surface area contributed by atoms with E-state index in [-0.39, 0.29) is 11.3 Å². The highest BCUT2D eigenvalue weighted by Gasteiger charge is 2.25. The summed E-state index contributed by atoms with van der Waals surface area (Å²) in [6, 6.07) is 12.3. The molecule has 3 rings (SSSR count). The van der Waals surface area contributed by atoms with Crippen molar-refractivity contribution in [3.05, 3.63) is 42.0 Å². The minimum absolute atomic E-state index is 0.0328. The van der Waals surface area contributed by atoms with Crippen molar-refractivity contribution in [3.63, 3.8) is 0 Å². The third-order valence-corrected chi connectivity index (χ3v) is 4.71. The fourth-order valence-corrected chi connectivity index (χ4v) is 3.25. The van der Waals surface area contributed by atoms with Crippen LogP contribution in [0.15, 0.2) is 36.4 Å². The molecule has 1 aliphatic heterocycles. The van der Waals surface area contributed by atoms with E-state index in [0.29, 0.717) is 6.42 Å². The topological polar surface area (TPSA) is 49.3 Å². The zero-order valence-corrected chi connectivity index (χ0v) is 16.2. The second-order valence-corrected chi connectivity index (χ2v) is 8.20. The molecule has 2 heterocycles. The zero-order chi connectivity index (χ0) is 18.7. The molecule has 0 N–H and O–H groups in total. The Morgan fingerprint density at radius 3 is 2.27 bits per heavy atom. The fourth-order valence-electron chi connectivity index (χ4n) is 3.25. The third kappa shape index (κ3) is 4.40. The normalized spacial score (nSPS) is 15.2. The van der Waals surface area contributed by atoms with Crippen molar-refractivity contribution in [1.29, 1.82) is 0 Å². The molecule has 1 aromatic heterocycles. The van der Waals surface area contributed by atoms with Gasteiger partial charge in [0.05, 0.1) is 5.69 Å². The molecule has 0 atom stereocenters. The van der Waals surface area contributed by atoms with Crippen molar-refractivity contribution in [3.8, 4) is 11.3 Å². The minimum atomic E-state index is 0.0328. The lowest BCUT2D eigenvalue weighted by atomic mass is 9.91. The SMILES string of the molecule is Cc1ccccc1-c1ccc(N2CCN(C(=O)CC(C)(C)C)CC2)nn1. The Bertz CT molecular complexity index is 756. The first-order valence-corrected chi connectivity index (χ1v) is 9.26. The number of hydrogen-bond acceptors (Lipinski definition) is 4. The molecule has 1 amide bonds. The van der Waals surface area contributed by atoms with Gasteiger partial charge >= 0.3 is 0 Å². The van der Waals surface area contributed by atoms with Gasteiger partial charge < -0.3 is 9.80 Å². The van der Waals surface area contributed by atoms with Crippen molar-refractivity contribution in [2.24, 2.45) is 5.41 Å². The summed E-state index contributed by atoms with van der Waals surface area (Å²) in [5, 5.41) is 8.84. The first-order valence-electron chi connectivity index (χ1n) is 9.26. The van der Waals surface area contributed by atoms with Crippen LogP contribution in [-0.4, -0.2) is 47.2 Å². The molecule has 0 saturated carbocycles. The lowest BCUT2D eigenvalue weighted by Gasteiger charge is -2.36. The summed E-state index contributed by atoms with van der Waals surface area (Å²) in [5.74, 6) is 1.13. The summed E-state index contributed by atoms with van der Waals surface area (Å²) >= 11 is 0. The summed E-state index contributed by atoms with van der Waals surface area (Å²) in [6.07, 6.45) is 0.595. The van der Waals surface area contributed by atoms with Gasteiger partial charge in [-0.2, -0.15) is 0 Å². The molecular weight excluding hydrogens is 324 g/mol. The Hall–Kier alpha value is -2.43. The van der Waals surface area contributed by atoms with Crippen LogP contribution in [0.5, 0.6) is 0 Å². The Balaban J connectivity index is 1.62. The van der Waals surface area contributed by atoms with Gasteiger partial charge in [0.1, 0.15) is 0 Å². The molecule has 0 unspecified atom stereocenters. The van der Waals surface area contributed by atoms with Crippen molar-refractivity contribution in [2.45, 2.75) is 34.1 Å². The van der Waals surface area contributed by atoms with Crippen LogP contribution < -0.4 is 4.90 Å². The van der Waals surface area contributed by atoms with Crippen LogP contribution in [0.4, 0.5) is 5.82 Å². The molecule has 1 fully saturated rings. The van der Waals surface area contributed by atoms with Crippen LogP contribution in [0, 0.1) is 12.3 Å². The van der Waals surface area contributed by atoms with Crippen LogP contribution in [-0.2, 0) is 4.79 Å². The molecule has 138 valence electrons. The number of amides is 1. The number of aryl methyl sites for hydroxylation is 1. The number of benzene rings is 1. The monoisotopic (exact) mass is 352 g/mol. The van der Waals surface area contributed by atoms with Crippen molar-refractivity contribution in [1.82, 2.24) is 15.1 Å². The van der Waals surface area contributed by atoms with E-state index in [4.69, 9.17) is 0 Å². The van der Waals surface area contributed by atoms with Crippen LogP contribution in [0.25, 0.3) is 11.3 Å². The van der Waals surface area contributed by atoms with Gasteiger partial charge in [-0.3, -0.25) is 4.79 Å². The minimum Gasteiger partial charge on any atom is -0.352 e. The Labute approximate surface area is 156 Å². The summed E-state index contributed by atoms with van der Waals surface area (Å²) in [6.45, 7) is 11.5. The molecular formula is C21H28N4O. The van der Waals surface area contributed by atoms with Gasteiger partial charge in [-0.15, -0.1) is 10.2 Å². The van der Waals surface area contributed by atoms with Crippen molar-refractivity contribution < 1.29 is 4.79 Å². The molecule has 1 saturated heterocycles. The average Bonchev–Trinajstić information content (AvgIpc) is 2.61. The predicted molar refractivity (Wildman–Crippen MR) is 105 cm³/mol. The van der Waals surface area contributed by atoms with Gasteiger partial charge in [0.2, 0.25) is 5.91 Å². The molecule has 2 aromatic rings. The lowest BCUT2D eigenvalue weighted by molar-refractivity contribution is -0.133. The molecule has 5 nitrogen and oxygen atoms in total. The molecule has 5 heteroatoms. The first kappa shape index (κ1) is 18.4. The van der Waals surface area contributed by atoms with E-state index in [1.165, 1.54) is 5.56 Å². The van der Waals surface area contributed by atoms with E-state index in [1.807, 2.05) is 29.2 Å².